The van der Waals surface area contributed by atoms with Gasteiger partial charge in [-0.15, -0.1) is 0 Å². The molecule has 0 aliphatic carbocycles. The standard InChI is InChI=1S/C2H4N6O3/c1-10-2(9)11-8-7-6-5-4-3/h3H,1H3. The van der Waals surface area contributed by atoms with Crippen LogP contribution in [0.5, 0.6) is 0 Å². The first-order valence-electron chi connectivity index (χ1n) is 2.23. The van der Waals surface area contributed by atoms with Gasteiger partial charge in [0.15, 0.2) is 0 Å². The van der Waals surface area contributed by atoms with Gasteiger partial charge in [0.1, 0.15) is 0 Å². The minimum Gasteiger partial charge on any atom is -0.436 e. The quantitative estimate of drug-likeness (QED) is 0.381. The number of rotatable bonds is 3. The van der Waals surface area contributed by atoms with Gasteiger partial charge < -0.3 is 4.74 Å². The second-order valence-electron chi connectivity index (χ2n) is 0.995. The third kappa shape index (κ3) is 5.95. The molecule has 0 atom stereocenters. The first kappa shape index (κ1) is 9.07. The summed E-state index contributed by atoms with van der Waals surface area (Å²) in [5.41, 5.74) is 6.09. The second kappa shape index (κ2) is 6.19. The minimum absolute atomic E-state index is 1.02. The number of methoxy groups -OCH3 is 1. The summed E-state index contributed by atoms with van der Waals surface area (Å²) >= 11 is 0. The van der Waals surface area contributed by atoms with Gasteiger partial charge in [0.25, 0.3) is 0 Å². The Morgan fingerprint density at radius 3 is 2.64 bits per heavy atom. The van der Waals surface area contributed by atoms with E-state index in [2.05, 4.69) is 35.7 Å². The molecule has 0 aromatic carbocycles. The molecule has 9 heteroatoms. The highest BCUT2D eigenvalue weighted by molar-refractivity contribution is 5.59. The Hall–Kier alpha value is -1.93. The summed E-state index contributed by atoms with van der Waals surface area (Å²) in [4.78, 5) is 14.0. The van der Waals surface area contributed by atoms with Crippen LogP contribution in [0.15, 0.2) is 26.2 Å². The fraction of sp³-hybridized carbons (Fsp3) is 0.500. The van der Waals surface area contributed by atoms with Gasteiger partial charge in [-0.1, -0.05) is 0 Å². The molecule has 0 heterocycles. The molecule has 0 unspecified atom stereocenters. The Morgan fingerprint density at radius 2 is 2.09 bits per heavy atom. The van der Waals surface area contributed by atoms with E-state index in [1.165, 1.54) is 0 Å². The average molecular weight is 160 g/mol. The molecule has 0 bridgehead atoms. The number of carbonyl (C=O) groups excluding carboxylic acids is 1. The highest BCUT2D eigenvalue weighted by atomic mass is 16.8. The van der Waals surface area contributed by atoms with Crippen LogP contribution in [0.25, 0.3) is 0 Å². The molecule has 1 N–H and O–H groups in total. The molecule has 0 saturated carbocycles. The number of ether oxygens (including phenoxy) is 1. The second-order valence-corrected chi connectivity index (χ2v) is 0.995. The number of nitrogens with one attached hydrogen (secondary N) is 1. The predicted octanol–water partition coefficient (Wildman–Crippen LogP) is 1.45. The van der Waals surface area contributed by atoms with Crippen molar-refractivity contribution in [2.45, 2.75) is 0 Å². The molecular formula is C2H4N6O3. The lowest BCUT2D eigenvalue weighted by atomic mass is 11.3. The number of hydrogen-bond donors (Lipinski definition) is 1. The molecule has 0 aliphatic heterocycles. The van der Waals surface area contributed by atoms with Crippen molar-refractivity contribution >= 4 is 6.16 Å². The van der Waals surface area contributed by atoms with Gasteiger partial charge in [0.05, 0.1) is 12.4 Å². The van der Waals surface area contributed by atoms with E-state index in [-0.39, 0.29) is 0 Å². The van der Waals surface area contributed by atoms with Crippen molar-refractivity contribution in [3.63, 3.8) is 0 Å². The third-order valence-electron chi connectivity index (χ3n) is 0.443. The van der Waals surface area contributed by atoms with Gasteiger partial charge in [-0.2, -0.15) is 5.53 Å². The Morgan fingerprint density at radius 1 is 1.36 bits per heavy atom. The Balaban J connectivity index is 3.52. The lowest BCUT2D eigenvalue weighted by molar-refractivity contribution is 0.0674. The van der Waals surface area contributed by atoms with Crippen molar-refractivity contribution in [1.82, 2.24) is 0 Å². The summed E-state index contributed by atoms with van der Waals surface area (Å²) in [6.45, 7) is 0. The van der Waals surface area contributed by atoms with Crippen molar-refractivity contribution in [3.05, 3.63) is 0 Å². The van der Waals surface area contributed by atoms with Crippen LogP contribution in [0, 0.1) is 5.53 Å². The number of carbonyl (C=O) groups is 1. The van der Waals surface area contributed by atoms with E-state index in [1.54, 1.807) is 0 Å². The van der Waals surface area contributed by atoms with Crippen LogP contribution in [-0.4, -0.2) is 13.3 Å². The number of hydrogen-bond acceptors (Lipinski definition) is 5. The van der Waals surface area contributed by atoms with Gasteiger partial charge in [-0.05, 0) is 10.4 Å². The topological polar surface area (TPSA) is 121 Å². The van der Waals surface area contributed by atoms with Crippen LogP contribution in [-0.2, 0) is 9.57 Å². The molecule has 0 rings (SSSR count). The van der Waals surface area contributed by atoms with E-state index in [1.807, 2.05) is 0 Å². The Labute approximate surface area is 60.5 Å². The van der Waals surface area contributed by atoms with Crippen molar-refractivity contribution in [2.75, 3.05) is 7.11 Å². The van der Waals surface area contributed by atoms with Crippen molar-refractivity contribution in [2.24, 2.45) is 26.2 Å². The Kier molecular flexibility index (Phi) is 5.11. The first-order chi connectivity index (χ1) is 5.31. The molecule has 0 radical (unpaired) electrons. The first-order valence-corrected chi connectivity index (χ1v) is 2.23. The third-order valence-corrected chi connectivity index (χ3v) is 0.443. The summed E-state index contributed by atoms with van der Waals surface area (Å²) in [7, 11) is 1.11. The smallest absolute Gasteiger partial charge is 0.436 e. The van der Waals surface area contributed by atoms with E-state index in [9.17, 15) is 4.79 Å². The summed E-state index contributed by atoms with van der Waals surface area (Å²) < 4.78 is 4.01. The van der Waals surface area contributed by atoms with Crippen LogP contribution in [0.3, 0.4) is 0 Å². The van der Waals surface area contributed by atoms with Gasteiger partial charge in [0, 0.05) is 10.4 Å². The molecule has 9 nitrogen and oxygen atoms in total. The molecule has 0 aliphatic rings. The average Bonchev–Trinajstić information content (AvgIpc) is 2.04. The highest BCUT2D eigenvalue weighted by Crippen LogP contribution is 1.85. The monoisotopic (exact) mass is 160 g/mol. The summed E-state index contributed by atoms with van der Waals surface area (Å²) in [5.74, 6) is 0. The lowest BCUT2D eigenvalue weighted by Crippen LogP contribution is -1.97. The summed E-state index contributed by atoms with van der Waals surface area (Å²) in [6.07, 6.45) is -1.02. The Bertz CT molecular complexity index is 186. The van der Waals surface area contributed by atoms with Crippen molar-refractivity contribution < 1.29 is 14.4 Å². The summed E-state index contributed by atoms with van der Waals surface area (Å²) in [6, 6.07) is 0. The van der Waals surface area contributed by atoms with E-state index >= 15 is 0 Å². The molecule has 60 valence electrons. The largest absolute Gasteiger partial charge is 0.536 e. The fourth-order valence-corrected chi connectivity index (χ4v) is 0.143. The maximum atomic E-state index is 10.1. The molecule has 0 aromatic heterocycles. The van der Waals surface area contributed by atoms with Crippen LogP contribution >= 0.6 is 0 Å². The normalized spacial score (nSPS) is 10.3. The maximum Gasteiger partial charge on any atom is 0.536 e. The van der Waals surface area contributed by atoms with Crippen LogP contribution in [0.4, 0.5) is 4.79 Å². The summed E-state index contributed by atoms with van der Waals surface area (Å²) in [5, 5.41) is 13.5. The predicted molar refractivity (Wildman–Crippen MR) is 28.3 cm³/mol. The van der Waals surface area contributed by atoms with E-state index < -0.39 is 6.16 Å². The van der Waals surface area contributed by atoms with Crippen molar-refractivity contribution in [1.29, 1.82) is 5.53 Å². The van der Waals surface area contributed by atoms with E-state index in [0.717, 1.165) is 7.11 Å². The SMILES string of the molecule is COC(=O)ON=NN=NN=N. The zero-order valence-corrected chi connectivity index (χ0v) is 5.46. The lowest BCUT2D eigenvalue weighted by Gasteiger charge is -1.88. The molecule has 0 fully saturated rings. The zero-order valence-electron chi connectivity index (χ0n) is 5.46. The van der Waals surface area contributed by atoms with E-state index in [0.29, 0.717) is 0 Å². The maximum absolute atomic E-state index is 10.1. The van der Waals surface area contributed by atoms with Crippen LogP contribution in [0.2, 0.25) is 0 Å². The minimum atomic E-state index is -1.02. The van der Waals surface area contributed by atoms with Crippen molar-refractivity contribution in [3.8, 4) is 0 Å². The van der Waals surface area contributed by atoms with E-state index in [4.69, 9.17) is 5.53 Å². The van der Waals surface area contributed by atoms with Gasteiger partial charge >= 0.3 is 6.16 Å². The molecule has 0 spiro atoms. The molecule has 0 saturated heterocycles. The molecule has 0 aromatic rings. The molecule has 0 amide bonds. The van der Waals surface area contributed by atoms with Crippen LogP contribution in [0.1, 0.15) is 0 Å². The molecular weight excluding hydrogens is 156 g/mol. The molecule has 11 heavy (non-hydrogen) atoms. The number of nitrogens with zero attached hydrogens (tertiary/aromatic N) is 5. The van der Waals surface area contributed by atoms with Gasteiger partial charge in [-0.25, -0.2) is 4.79 Å². The van der Waals surface area contributed by atoms with Crippen LogP contribution < -0.4 is 0 Å². The van der Waals surface area contributed by atoms with Gasteiger partial charge in [0.2, 0.25) is 0 Å². The highest BCUT2D eigenvalue weighted by Gasteiger charge is 1.96. The fourth-order valence-electron chi connectivity index (χ4n) is 0.143. The van der Waals surface area contributed by atoms with Gasteiger partial charge in [-0.3, -0.25) is 4.84 Å². The zero-order chi connectivity index (χ0) is 8.53.